The van der Waals surface area contributed by atoms with Crippen molar-refractivity contribution in [3.63, 3.8) is 0 Å². The fourth-order valence-electron chi connectivity index (χ4n) is 2.45. The first-order valence-electron chi connectivity index (χ1n) is 7.16. The highest BCUT2D eigenvalue weighted by molar-refractivity contribution is 7.99. The van der Waals surface area contributed by atoms with E-state index in [2.05, 4.69) is 47.3 Å². The lowest BCUT2D eigenvalue weighted by atomic mass is 10.1. The van der Waals surface area contributed by atoms with Crippen molar-refractivity contribution < 1.29 is 0 Å². The quantitative estimate of drug-likeness (QED) is 0.743. The van der Waals surface area contributed by atoms with Crippen LogP contribution >= 0.6 is 11.8 Å². The van der Waals surface area contributed by atoms with E-state index in [-0.39, 0.29) is 0 Å². The second-order valence-corrected chi connectivity index (χ2v) is 6.16. The normalized spacial score (nSPS) is 11.3. The number of rotatable bonds is 8. The van der Waals surface area contributed by atoms with E-state index in [9.17, 15) is 0 Å². The average Bonchev–Trinajstić information content (AvgIpc) is 2.80. The van der Waals surface area contributed by atoms with Crippen LogP contribution in [0.1, 0.15) is 18.9 Å². The van der Waals surface area contributed by atoms with Crippen LogP contribution in [0.15, 0.2) is 30.5 Å². The summed E-state index contributed by atoms with van der Waals surface area (Å²) in [5.74, 6) is 2.48. The monoisotopic (exact) mass is 276 g/mol. The number of aromatic nitrogens is 1. The van der Waals surface area contributed by atoms with E-state index in [1.807, 2.05) is 18.8 Å². The smallest absolute Gasteiger partial charge is 0.0483 e. The van der Waals surface area contributed by atoms with Gasteiger partial charge >= 0.3 is 0 Å². The Morgan fingerprint density at radius 1 is 1.26 bits per heavy atom. The lowest BCUT2D eigenvalue weighted by molar-refractivity contribution is 0.703. The summed E-state index contributed by atoms with van der Waals surface area (Å²) in [5, 5.41) is 4.65. The van der Waals surface area contributed by atoms with Crippen LogP contribution in [0, 0.1) is 0 Å². The van der Waals surface area contributed by atoms with Gasteiger partial charge in [0.15, 0.2) is 0 Å². The Bertz CT molecular complexity index is 504. The van der Waals surface area contributed by atoms with Gasteiger partial charge in [0.05, 0.1) is 0 Å². The van der Waals surface area contributed by atoms with Crippen molar-refractivity contribution in [2.45, 2.75) is 26.3 Å². The van der Waals surface area contributed by atoms with Crippen LogP contribution in [0.5, 0.6) is 0 Å². The van der Waals surface area contributed by atoms with Gasteiger partial charge < -0.3 is 9.88 Å². The Labute approximate surface area is 120 Å². The summed E-state index contributed by atoms with van der Waals surface area (Å²) in [6.45, 7) is 4.40. The van der Waals surface area contributed by atoms with Crippen molar-refractivity contribution in [1.82, 2.24) is 9.88 Å². The molecule has 0 aliphatic rings. The maximum atomic E-state index is 3.24. The third-order valence-electron chi connectivity index (χ3n) is 3.41. The molecule has 1 heterocycles. The largest absolute Gasteiger partial charge is 0.347 e. The molecular weight excluding hydrogens is 252 g/mol. The molecule has 0 radical (unpaired) electrons. The van der Waals surface area contributed by atoms with E-state index in [0.29, 0.717) is 0 Å². The molecule has 0 atom stereocenters. The predicted molar refractivity (Wildman–Crippen MR) is 87.2 cm³/mol. The highest BCUT2D eigenvalue weighted by Crippen LogP contribution is 2.22. The first-order chi connectivity index (χ1) is 9.36. The van der Waals surface area contributed by atoms with Crippen molar-refractivity contribution in [2.24, 2.45) is 0 Å². The molecule has 0 amide bonds. The maximum absolute atomic E-state index is 3.24. The van der Waals surface area contributed by atoms with Crippen LogP contribution in [-0.2, 0) is 13.0 Å². The van der Waals surface area contributed by atoms with E-state index in [1.165, 1.54) is 34.4 Å². The number of likely N-dealkylation sites (N-methyl/N-ethyl adjacent to an activating group) is 1. The van der Waals surface area contributed by atoms with Crippen LogP contribution in [-0.4, -0.2) is 29.7 Å². The molecule has 2 aromatic rings. The summed E-state index contributed by atoms with van der Waals surface area (Å²) < 4.78 is 2.43. The van der Waals surface area contributed by atoms with Gasteiger partial charge in [-0.15, -0.1) is 0 Å². The van der Waals surface area contributed by atoms with Gasteiger partial charge in [0.25, 0.3) is 0 Å². The van der Waals surface area contributed by atoms with Gasteiger partial charge in [0.2, 0.25) is 0 Å². The number of nitrogens with zero attached hydrogens (tertiary/aromatic N) is 1. The summed E-state index contributed by atoms with van der Waals surface area (Å²) in [5.41, 5.74) is 2.85. The molecule has 0 unspecified atom stereocenters. The van der Waals surface area contributed by atoms with Crippen molar-refractivity contribution in [3.05, 3.63) is 36.0 Å². The van der Waals surface area contributed by atoms with Gasteiger partial charge in [0, 0.05) is 23.6 Å². The molecule has 3 heteroatoms. The Kier molecular flexibility index (Phi) is 5.80. The molecule has 1 N–H and O–H groups in total. The number of nitrogens with one attached hydrogen (secondary N) is 1. The van der Waals surface area contributed by atoms with Crippen molar-refractivity contribution >= 4 is 22.7 Å². The average molecular weight is 276 g/mol. The minimum Gasteiger partial charge on any atom is -0.347 e. The highest BCUT2D eigenvalue weighted by Gasteiger charge is 2.07. The molecule has 19 heavy (non-hydrogen) atoms. The first-order valence-corrected chi connectivity index (χ1v) is 8.31. The molecule has 0 aliphatic heterocycles. The lowest BCUT2D eigenvalue weighted by Gasteiger charge is -2.04. The summed E-state index contributed by atoms with van der Waals surface area (Å²) in [4.78, 5) is 0. The second kappa shape index (κ2) is 7.61. The van der Waals surface area contributed by atoms with Crippen LogP contribution < -0.4 is 5.32 Å². The Hall–Kier alpha value is -0.930. The fourth-order valence-corrected chi connectivity index (χ4v) is 3.07. The number of fused-ring (bicyclic) bond motifs is 1. The third kappa shape index (κ3) is 3.77. The van der Waals surface area contributed by atoms with Crippen LogP contribution in [0.25, 0.3) is 10.9 Å². The Balaban J connectivity index is 2.13. The molecule has 0 aliphatic carbocycles. The Morgan fingerprint density at radius 2 is 2.11 bits per heavy atom. The molecule has 1 aromatic heterocycles. The molecule has 0 fully saturated rings. The van der Waals surface area contributed by atoms with Gasteiger partial charge in [0.1, 0.15) is 0 Å². The minimum absolute atomic E-state index is 1.04. The molecule has 1 aromatic carbocycles. The lowest BCUT2D eigenvalue weighted by Crippen LogP contribution is -2.10. The van der Waals surface area contributed by atoms with Gasteiger partial charge in [-0.25, -0.2) is 0 Å². The van der Waals surface area contributed by atoms with E-state index in [1.54, 1.807) is 0 Å². The summed E-state index contributed by atoms with van der Waals surface area (Å²) in [6.07, 6.45) is 4.70. The molecule has 0 bridgehead atoms. The number of hydrogen-bond acceptors (Lipinski definition) is 2. The molecule has 104 valence electrons. The zero-order chi connectivity index (χ0) is 13.5. The van der Waals surface area contributed by atoms with E-state index >= 15 is 0 Å². The molecule has 2 rings (SSSR count). The van der Waals surface area contributed by atoms with Gasteiger partial charge in [-0.1, -0.05) is 25.1 Å². The standard InChI is InChI=1S/C16H24N2S/c1-3-19-12-6-11-18-13-14(9-10-17-2)15-7-4-5-8-16(15)18/h4-5,7-8,13,17H,3,6,9-12H2,1-2H3. The van der Waals surface area contributed by atoms with Crippen molar-refractivity contribution in [2.75, 3.05) is 25.1 Å². The number of aryl methyl sites for hydroxylation is 1. The molecule has 0 spiro atoms. The number of hydrogen-bond donors (Lipinski definition) is 1. The Morgan fingerprint density at radius 3 is 2.89 bits per heavy atom. The van der Waals surface area contributed by atoms with Gasteiger partial charge in [-0.2, -0.15) is 11.8 Å². The SMILES string of the molecule is CCSCCCn1cc(CCNC)c2ccccc21. The highest BCUT2D eigenvalue weighted by atomic mass is 32.2. The predicted octanol–water partition coefficient (Wildman–Crippen LogP) is 3.55. The summed E-state index contributed by atoms with van der Waals surface area (Å²) in [7, 11) is 2.02. The van der Waals surface area contributed by atoms with Crippen LogP contribution in [0.2, 0.25) is 0 Å². The van der Waals surface area contributed by atoms with Crippen LogP contribution in [0.3, 0.4) is 0 Å². The first kappa shape index (κ1) is 14.5. The number of para-hydroxylation sites is 1. The van der Waals surface area contributed by atoms with Gasteiger partial charge in [-0.3, -0.25) is 0 Å². The second-order valence-electron chi connectivity index (χ2n) is 4.77. The summed E-state index contributed by atoms with van der Waals surface area (Å²) >= 11 is 2.03. The van der Waals surface area contributed by atoms with Crippen molar-refractivity contribution in [1.29, 1.82) is 0 Å². The molecule has 0 saturated heterocycles. The van der Waals surface area contributed by atoms with Crippen LogP contribution in [0.4, 0.5) is 0 Å². The number of thioether (sulfide) groups is 1. The zero-order valence-electron chi connectivity index (χ0n) is 12.0. The van der Waals surface area contributed by atoms with E-state index in [4.69, 9.17) is 0 Å². The third-order valence-corrected chi connectivity index (χ3v) is 4.39. The zero-order valence-corrected chi connectivity index (χ0v) is 12.8. The van der Waals surface area contributed by atoms with E-state index in [0.717, 1.165) is 19.5 Å². The van der Waals surface area contributed by atoms with E-state index < -0.39 is 0 Å². The minimum atomic E-state index is 1.04. The van der Waals surface area contributed by atoms with Crippen molar-refractivity contribution in [3.8, 4) is 0 Å². The molecule has 2 nitrogen and oxygen atoms in total. The summed E-state index contributed by atoms with van der Waals surface area (Å²) in [6, 6.07) is 8.77. The maximum Gasteiger partial charge on any atom is 0.0483 e. The van der Waals surface area contributed by atoms with Gasteiger partial charge in [-0.05, 0) is 49.6 Å². The topological polar surface area (TPSA) is 17.0 Å². The molecule has 0 saturated carbocycles. The number of benzene rings is 1. The fraction of sp³-hybridized carbons (Fsp3) is 0.500. The molecular formula is C16H24N2S.